The number of ether oxygens (including phenoxy) is 1. The Morgan fingerprint density at radius 3 is 2.26 bits per heavy atom. The minimum absolute atomic E-state index is 0.225. The monoisotopic (exact) mass is 330 g/mol. The van der Waals surface area contributed by atoms with Gasteiger partial charge in [0.05, 0.1) is 0 Å². The van der Waals surface area contributed by atoms with Crippen molar-refractivity contribution in [2.75, 3.05) is 11.9 Å². The van der Waals surface area contributed by atoms with Crippen LogP contribution < -0.4 is 10.1 Å². The zero-order valence-electron chi connectivity index (χ0n) is 11.8. The van der Waals surface area contributed by atoms with Gasteiger partial charge in [-0.05, 0) is 36.2 Å². The van der Waals surface area contributed by atoms with Gasteiger partial charge in [0.1, 0.15) is 5.75 Å². The fourth-order valence-electron chi connectivity index (χ4n) is 1.85. The van der Waals surface area contributed by atoms with E-state index in [1.165, 1.54) is 12.1 Å². The Labute approximate surface area is 129 Å². The average molecular weight is 330 g/mol. The maximum atomic E-state index is 13.0. The highest BCUT2D eigenvalue weighted by atomic mass is 19.4. The second-order valence-electron chi connectivity index (χ2n) is 4.69. The first-order chi connectivity index (χ1) is 10.8. The van der Waals surface area contributed by atoms with E-state index in [4.69, 9.17) is 0 Å². The highest BCUT2D eigenvalue weighted by molar-refractivity contribution is 5.43. The van der Waals surface area contributed by atoms with E-state index in [1.807, 2.05) is 0 Å². The molecule has 0 atom stereocenters. The molecule has 7 heteroatoms. The molecule has 0 aliphatic rings. The van der Waals surface area contributed by atoms with E-state index >= 15 is 0 Å². The summed E-state index contributed by atoms with van der Waals surface area (Å²) in [5, 5.41) is 3.03. The first kappa shape index (κ1) is 17.1. The number of alkyl halides is 5. The maximum absolute atomic E-state index is 13.0. The largest absolute Gasteiger partial charge is 0.499 e. The summed E-state index contributed by atoms with van der Waals surface area (Å²) in [6.07, 6.45) is -10.8. The van der Waals surface area contributed by atoms with Crippen molar-refractivity contribution in [1.82, 2.24) is 0 Å². The number of benzene rings is 2. The Balaban J connectivity index is 2.03. The summed E-state index contributed by atoms with van der Waals surface area (Å²) in [5.41, 5.74) is 1.05. The Bertz CT molecular complexity index is 628. The summed E-state index contributed by atoms with van der Waals surface area (Å²) in [6.45, 7) is 0.349. The summed E-state index contributed by atoms with van der Waals surface area (Å²) in [6, 6.07) is 15.2. The molecule has 0 bridgehead atoms. The lowest BCUT2D eigenvalue weighted by Crippen LogP contribution is -2.42. The number of halogens is 5. The molecule has 2 aromatic carbocycles. The molecular formula is C16H13F5NO. The number of anilines is 1. The van der Waals surface area contributed by atoms with Gasteiger partial charge in [0.25, 0.3) is 0 Å². The molecule has 0 saturated heterocycles. The van der Waals surface area contributed by atoms with Crippen molar-refractivity contribution in [2.24, 2.45) is 0 Å². The van der Waals surface area contributed by atoms with E-state index < -0.39 is 18.0 Å². The van der Waals surface area contributed by atoms with Crippen LogP contribution in [0.3, 0.4) is 0 Å². The third-order valence-electron chi connectivity index (χ3n) is 2.98. The van der Waals surface area contributed by atoms with Crippen LogP contribution in [0.25, 0.3) is 0 Å². The van der Waals surface area contributed by atoms with Gasteiger partial charge in [0.15, 0.2) is 0 Å². The summed E-state index contributed by atoms with van der Waals surface area (Å²) in [7, 11) is 0. The molecule has 1 N–H and O–H groups in total. The summed E-state index contributed by atoms with van der Waals surface area (Å²) >= 11 is 0. The van der Waals surface area contributed by atoms with Crippen LogP contribution in [0.5, 0.6) is 5.75 Å². The van der Waals surface area contributed by atoms with Crippen LogP contribution in [0.2, 0.25) is 0 Å². The Kier molecular flexibility index (Phi) is 5.08. The third kappa shape index (κ3) is 4.58. The molecule has 1 radical (unpaired) electrons. The predicted octanol–water partition coefficient (Wildman–Crippen LogP) is 4.68. The lowest BCUT2D eigenvalue weighted by atomic mass is 10.1. The number of nitrogens with one attached hydrogen (secondary N) is 1. The topological polar surface area (TPSA) is 21.3 Å². The van der Waals surface area contributed by atoms with Gasteiger partial charge in [-0.15, -0.1) is 0 Å². The van der Waals surface area contributed by atoms with Crippen LogP contribution in [0, 0.1) is 6.07 Å². The average Bonchev–Trinajstić information content (AvgIpc) is 2.49. The van der Waals surface area contributed by atoms with Gasteiger partial charge in [-0.25, -0.2) is 0 Å². The van der Waals surface area contributed by atoms with E-state index in [1.54, 1.807) is 30.3 Å². The molecule has 0 aliphatic heterocycles. The highest BCUT2D eigenvalue weighted by Gasteiger charge is 2.61. The van der Waals surface area contributed by atoms with Crippen molar-refractivity contribution < 1.29 is 26.7 Å². The van der Waals surface area contributed by atoms with Crippen LogP contribution >= 0.6 is 0 Å². The van der Waals surface area contributed by atoms with Gasteiger partial charge in [-0.2, -0.15) is 22.0 Å². The van der Waals surface area contributed by atoms with Gasteiger partial charge in [-0.1, -0.05) is 30.3 Å². The molecule has 0 saturated carbocycles. The molecule has 0 amide bonds. The molecule has 2 rings (SSSR count). The standard InChI is InChI=1S/C16H13F5NO/c17-15(18,19)16(20,21)23-14-9-5-4-6-12(14)10-11-22-13-7-2-1-3-8-13/h2-9,22H,10-11H2. The second kappa shape index (κ2) is 6.85. The minimum Gasteiger partial charge on any atom is -0.425 e. The number of hydrogen-bond donors (Lipinski definition) is 1. The van der Waals surface area contributed by atoms with Crippen molar-refractivity contribution in [3.8, 4) is 5.75 Å². The van der Waals surface area contributed by atoms with E-state index in [-0.39, 0.29) is 12.0 Å². The van der Waals surface area contributed by atoms with Crippen LogP contribution in [0.15, 0.2) is 48.5 Å². The van der Waals surface area contributed by atoms with Crippen LogP contribution in [-0.2, 0) is 6.42 Å². The molecular weight excluding hydrogens is 317 g/mol. The zero-order valence-corrected chi connectivity index (χ0v) is 11.8. The Morgan fingerprint density at radius 1 is 0.957 bits per heavy atom. The number of rotatable bonds is 6. The third-order valence-corrected chi connectivity index (χ3v) is 2.98. The molecule has 2 nitrogen and oxygen atoms in total. The molecule has 0 unspecified atom stereocenters. The summed E-state index contributed by atoms with van der Waals surface area (Å²) < 4.78 is 66.6. The number of para-hydroxylation sites is 1. The highest BCUT2D eigenvalue weighted by Crippen LogP contribution is 2.38. The van der Waals surface area contributed by atoms with Crippen molar-refractivity contribution in [1.29, 1.82) is 0 Å². The van der Waals surface area contributed by atoms with Crippen molar-refractivity contribution in [2.45, 2.75) is 18.7 Å². The van der Waals surface area contributed by atoms with Gasteiger partial charge in [0.2, 0.25) is 0 Å². The van der Waals surface area contributed by atoms with Gasteiger partial charge >= 0.3 is 12.3 Å². The smallest absolute Gasteiger partial charge is 0.425 e. The predicted molar refractivity (Wildman–Crippen MR) is 75.5 cm³/mol. The zero-order chi connectivity index (χ0) is 16.9. The van der Waals surface area contributed by atoms with Crippen molar-refractivity contribution in [3.63, 3.8) is 0 Å². The lowest BCUT2D eigenvalue weighted by molar-refractivity contribution is -0.360. The van der Waals surface area contributed by atoms with Crippen LogP contribution in [0.4, 0.5) is 27.6 Å². The minimum atomic E-state index is -5.76. The van der Waals surface area contributed by atoms with E-state index in [9.17, 15) is 22.0 Å². The molecule has 0 aromatic heterocycles. The summed E-state index contributed by atoms with van der Waals surface area (Å²) in [5.74, 6) is -0.488. The molecule has 23 heavy (non-hydrogen) atoms. The van der Waals surface area contributed by atoms with Gasteiger partial charge in [-0.3, -0.25) is 0 Å². The fourth-order valence-corrected chi connectivity index (χ4v) is 1.85. The maximum Gasteiger partial charge on any atom is 0.499 e. The SMILES string of the molecule is FC(F)(F)C(F)(F)Oc1ccccc1CCNc1cc[c]cc1. The lowest BCUT2D eigenvalue weighted by Gasteiger charge is -2.21. The van der Waals surface area contributed by atoms with E-state index in [0.717, 1.165) is 11.8 Å². The molecule has 0 aliphatic carbocycles. The Morgan fingerprint density at radius 2 is 1.61 bits per heavy atom. The summed E-state index contributed by atoms with van der Waals surface area (Å²) in [4.78, 5) is 0. The first-order valence-corrected chi connectivity index (χ1v) is 6.71. The molecule has 0 spiro atoms. The van der Waals surface area contributed by atoms with Crippen molar-refractivity contribution >= 4 is 5.69 Å². The van der Waals surface area contributed by atoms with Gasteiger partial charge in [0, 0.05) is 12.2 Å². The molecule has 0 fully saturated rings. The van der Waals surface area contributed by atoms with Crippen molar-refractivity contribution in [3.05, 3.63) is 60.2 Å². The van der Waals surface area contributed by atoms with Crippen LogP contribution in [-0.4, -0.2) is 18.8 Å². The molecule has 123 valence electrons. The molecule has 2 aromatic rings. The fraction of sp³-hybridized carbons (Fsp3) is 0.250. The van der Waals surface area contributed by atoms with Crippen LogP contribution in [0.1, 0.15) is 5.56 Å². The Hall–Kier alpha value is -2.31. The quantitative estimate of drug-likeness (QED) is 0.777. The second-order valence-corrected chi connectivity index (χ2v) is 4.69. The molecule has 0 heterocycles. The van der Waals surface area contributed by atoms with E-state index in [0.29, 0.717) is 6.54 Å². The number of hydrogen-bond acceptors (Lipinski definition) is 2. The van der Waals surface area contributed by atoms with E-state index in [2.05, 4.69) is 16.1 Å². The first-order valence-electron chi connectivity index (χ1n) is 6.71. The normalized spacial score (nSPS) is 12.0. The van der Waals surface area contributed by atoms with Gasteiger partial charge < -0.3 is 10.1 Å².